The van der Waals surface area contributed by atoms with E-state index in [0.29, 0.717) is 11.8 Å². The first-order valence-corrected chi connectivity index (χ1v) is 22.5. The van der Waals surface area contributed by atoms with Crippen molar-refractivity contribution in [3.8, 4) is 33.4 Å². The molecule has 0 aromatic heterocycles. The fraction of sp³-hybridized carbons (Fsp3) is 0.175. The van der Waals surface area contributed by atoms with Gasteiger partial charge in [0.15, 0.2) is 0 Å². The SMILES string of the molecule is CCC(C)c1cc2c(-c3ccccc3-c3ccccc3)c(C(C)C)ccc2[cH-]1.[Cl][Zr+2][Cl].[c-]1cccc2c1[Si]c1ccccc1-2. The van der Waals surface area contributed by atoms with Gasteiger partial charge in [-0.15, -0.1) is 40.1 Å². The Labute approximate surface area is 284 Å². The Kier molecular flexibility index (Phi) is 11.6. The molecule has 1 aliphatic rings. The van der Waals surface area contributed by atoms with Crippen molar-refractivity contribution in [1.29, 1.82) is 0 Å². The molecule has 6 aromatic carbocycles. The predicted molar refractivity (Wildman–Crippen MR) is 191 cm³/mol. The summed E-state index contributed by atoms with van der Waals surface area (Å²) >= 11 is -0.826. The van der Waals surface area contributed by atoms with E-state index in [4.69, 9.17) is 17.0 Å². The summed E-state index contributed by atoms with van der Waals surface area (Å²) in [6, 6.07) is 47.3. The van der Waals surface area contributed by atoms with Crippen molar-refractivity contribution >= 4 is 47.7 Å². The Balaban J connectivity index is 0.000000198. The average Bonchev–Trinajstić information content (AvgIpc) is 3.67. The summed E-state index contributed by atoms with van der Waals surface area (Å²) in [7, 11) is 10.7. The van der Waals surface area contributed by atoms with Crippen LogP contribution in [0.4, 0.5) is 0 Å². The van der Waals surface area contributed by atoms with Crippen LogP contribution in [0, 0.1) is 6.07 Å². The molecular weight excluding hydrogens is 671 g/mol. The molecule has 0 spiro atoms. The summed E-state index contributed by atoms with van der Waals surface area (Å²) in [5.74, 6) is 1.07. The number of benzene rings is 5. The van der Waals surface area contributed by atoms with Crippen LogP contribution in [0.25, 0.3) is 44.2 Å². The molecule has 4 heteroatoms. The maximum absolute atomic E-state index is 4.93. The number of hydrogen-bond acceptors (Lipinski definition) is 0. The van der Waals surface area contributed by atoms with Gasteiger partial charge in [0.25, 0.3) is 0 Å². The minimum atomic E-state index is -0.826. The smallest absolute Gasteiger partial charge is 0.0920 e. The van der Waals surface area contributed by atoms with E-state index in [0.717, 1.165) is 9.52 Å². The molecule has 0 bridgehead atoms. The van der Waals surface area contributed by atoms with E-state index in [2.05, 4.69) is 149 Å². The predicted octanol–water partition coefficient (Wildman–Crippen LogP) is 11.0. The Morgan fingerprint density at radius 1 is 0.750 bits per heavy atom. The Bertz CT molecular complexity index is 1780. The topological polar surface area (TPSA) is 0 Å². The van der Waals surface area contributed by atoms with Crippen LogP contribution in [0.15, 0.2) is 121 Å². The molecule has 6 aromatic rings. The summed E-state index contributed by atoms with van der Waals surface area (Å²) in [5, 5.41) is 5.58. The summed E-state index contributed by atoms with van der Waals surface area (Å²) in [6.45, 7) is 9.20. The zero-order valence-electron chi connectivity index (χ0n) is 25.7. The van der Waals surface area contributed by atoms with Gasteiger partial charge in [-0.1, -0.05) is 135 Å². The summed E-state index contributed by atoms with van der Waals surface area (Å²) in [6.07, 6.45) is 1.17. The molecule has 0 amide bonds. The largest absolute Gasteiger partial charge is 0.184 e. The van der Waals surface area contributed by atoms with E-state index in [1.165, 1.54) is 72.1 Å². The molecular formula is C40H36Cl2SiZr. The van der Waals surface area contributed by atoms with E-state index in [1.54, 1.807) is 0 Å². The van der Waals surface area contributed by atoms with E-state index in [9.17, 15) is 0 Å². The fourth-order valence-electron chi connectivity index (χ4n) is 5.92. The van der Waals surface area contributed by atoms with Gasteiger partial charge in [0, 0.05) is 0 Å². The molecule has 0 nitrogen and oxygen atoms in total. The minimum absolute atomic E-state index is 0.477. The second-order valence-corrected chi connectivity index (χ2v) is 16.4. The molecule has 1 atom stereocenters. The summed E-state index contributed by atoms with van der Waals surface area (Å²) < 4.78 is 0. The first-order chi connectivity index (χ1) is 21.5. The summed E-state index contributed by atoms with van der Waals surface area (Å²) in [5.41, 5.74) is 11.0. The van der Waals surface area contributed by atoms with Gasteiger partial charge < -0.3 is 0 Å². The Hall–Kier alpha value is -2.61. The molecule has 44 heavy (non-hydrogen) atoms. The average molecular weight is 707 g/mol. The van der Waals surface area contributed by atoms with Crippen LogP contribution < -0.4 is 10.4 Å². The third-order valence-corrected chi connectivity index (χ3v) is 9.73. The number of fused-ring (bicyclic) bond motifs is 4. The third-order valence-electron chi connectivity index (χ3n) is 8.36. The molecule has 0 saturated heterocycles. The zero-order valence-corrected chi connectivity index (χ0v) is 30.6. The van der Waals surface area contributed by atoms with Gasteiger partial charge in [-0.3, -0.25) is 0 Å². The van der Waals surface area contributed by atoms with Crippen LogP contribution in [0.3, 0.4) is 0 Å². The number of hydrogen-bond donors (Lipinski definition) is 0. The molecule has 218 valence electrons. The van der Waals surface area contributed by atoms with Crippen LogP contribution in [0.2, 0.25) is 0 Å². The quantitative estimate of drug-likeness (QED) is 0.123. The maximum Gasteiger partial charge on any atom is 0.0920 e. The van der Waals surface area contributed by atoms with Crippen molar-refractivity contribution in [1.82, 2.24) is 0 Å². The molecule has 7 rings (SSSR count). The normalized spacial score (nSPS) is 11.9. The van der Waals surface area contributed by atoms with Crippen LogP contribution in [0.5, 0.6) is 0 Å². The van der Waals surface area contributed by atoms with Crippen molar-refractivity contribution in [3.63, 3.8) is 0 Å². The van der Waals surface area contributed by atoms with Crippen LogP contribution in [0.1, 0.15) is 57.1 Å². The first-order valence-electron chi connectivity index (χ1n) is 15.2. The van der Waals surface area contributed by atoms with Crippen molar-refractivity contribution in [2.45, 2.75) is 46.0 Å². The standard InChI is InChI=1S/C28H29.C12H7Si.2ClH.Zr/c1-5-20(4)23-17-22-15-16-24(19(2)3)28(27(22)18-23)26-14-10-9-13-25(26)21-11-7-6-8-12-21;1-3-7-11-9(5-1)10-6-2-4-8-12(10)13-11;;;/h6-20H,5H2,1-4H3;1-7H;2*1H;/q2*-1;;;+4/p-2. The van der Waals surface area contributed by atoms with Gasteiger partial charge in [0.1, 0.15) is 0 Å². The second kappa shape index (κ2) is 15.6. The maximum atomic E-state index is 4.93. The van der Waals surface area contributed by atoms with Crippen molar-refractivity contribution in [2.24, 2.45) is 0 Å². The van der Waals surface area contributed by atoms with Crippen LogP contribution in [-0.4, -0.2) is 9.52 Å². The molecule has 2 radical (unpaired) electrons. The van der Waals surface area contributed by atoms with E-state index >= 15 is 0 Å². The van der Waals surface area contributed by atoms with Crippen LogP contribution >= 0.6 is 17.0 Å². The van der Waals surface area contributed by atoms with Gasteiger partial charge in [-0.25, -0.2) is 0 Å². The van der Waals surface area contributed by atoms with Gasteiger partial charge in [-0.2, -0.15) is 35.5 Å². The van der Waals surface area contributed by atoms with Crippen molar-refractivity contribution < 1.29 is 20.8 Å². The minimum Gasteiger partial charge on any atom is -0.184 e. The third kappa shape index (κ3) is 7.27. The molecule has 0 fully saturated rings. The fourth-order valence-corrected chi connectivity index (χ4v) is 7.23. The van der Waals surface area contributed by atoms with E-state index in [1.807, 2.05) is 6.07 Å². The molecule has 0 saturated carbocycles. The van der Waals surface area contributed by atoms with Crippen molar-refractivity contribution in [3.05, 3.63) is 139 Å². The van der Waals surface area contributed by atoms with Gasteiger partial charge in [0.2, 0.25) is 0 Å². The molecule has 1 aliphatic heterocycles. The van der Waals surface area contributed by atoms with Gasteiger partial charge >= 0.3 is 37.9 Å². The zero-order chi connectivity index (χ0) is 31.1. The number of halogens is 2. The molecule has 0 N–H and O–H groups in total. The second-order valence-electron chi connectivity index (χ2n) is 11.4. The van der Waals surface area contributed by atoms with Gasteiger partial charge in [0.05, 0.1) is 9.52 Å². The van der Waals surface area contributed by atoms with Crippen molar-refractivity contribution in [2.75, 3.05) is 0 Å². The Morgan fingerprint density at radius 2 is 1.39 bits per heavy atom. The Morgan fingerprint density at radius 3 is 2.09 bits per heavy atom. The molecule has 1 heterocycles. The monoisotopic (exact) mass is 704 g/mol. The van der Waals surface area contributed by atoms with E-state index in [-0.39, 0.29) is 0 Å². The first kappa shape index (κ1) is 32.8. The summed E-state index contributed by atoms with van der Waals surface area (Å²) in [4.78, 5) is 0. The van der Waals surface area contributed by atoms with E-state index < -0.39 is 20.8 Å². The molecule has 0 aliphatic carbocycles. The molecule has 1 unspecified atom stereocenters. The number of rotatable bonds is 5. The van der Waals surface area contributed by atoms with Gasteiger partial charge in [-0.05, 0) is 28.5 Å². The van der Waals surface area contributed by atoms with Crippen LogP contribution in [-0.2, 0) is 20.8 Å².